The molecule has 0 radical (unpaired) electrons. The molecule has 2 fully saturated rings. The topological polar surface area (TPSA) is 50.7 Å². The summed E-state index contributed by atoms with van der Waals surface area (Å²) in [7, 11) is 3.52. The molecule has 0 aromatic carbocycles. The molecule has 7 heteroatoms. The molecule has 0 amide bonds. The molecule has 0 N–H and O–H groups in total. The average Bonchev–Trinajstić information content (AvgIpc) is 2.92. The van der Waals surface area contributed by atoms with Gasteiger partial charge >= 0.3 is 0 Å². The molecule has 134 valence electrons. The second-order valence-electron chi connectivity index (χ2n) is 6.96. The van der Waals surface area contributed by atoms with Crippen LogP contribution in [0.15, 0.2) is 12.4 Å². The largest absolute Gasteiger partial charge is 0.383 e. The summed E-state index contributed by atoms with van der Waals surface area (Å²) < 4.78 is 23.7. The Morgan fingerprint density at radius 1 is 1.21 bits per heavy atom. The van der Waals surface area contributed by atoms with E-state index in [1.807, 2.05) is 0 Å². The number of nitrogens with zero attached hydrogens (tertiary/aromatic N) is 4. The molecule has 2 aliphatic heterocycles. The van der Waals surface area contributed by atoms with Gasteiger partial charge in [0.05, 0.1) is 25.6 Å². The Morgan fingerprint density at radius 2 is 1.92 bits per heavy atom. The zero-order chi connectivity index (χ0) is 17.0. The first-order valence-electron chi connectivity index (χ1n) is 8.60. The van der Waals surface area contributed by atoms with E-state index >= 15 is 0 Å². The molecule has 0 aliphatic carbocycles. The van der Waals surface area contributed by atoms with Crippen LogP contribution in [0.4, 0.5) is 10.3 Å². The summed E-state index contributed by atoms with van der Waals surface area (Å²) in [6.45, 7) is 5.43. The van der Waals surface area contributed by atoms with Crippen molar-refractivity contribution in [1.82, 2.24) is 14.9 Å². The molecule has 0 bridgehead atoms. The van der Waals surface area contributed by atoms with E-state index in [9.17, 15) is 4.39 Å². The molecule has 3 rings (SSSR count). The lowest BCUT2D eigenvalue weighted by Crippen LogP contribution is -2.42. The lowest BCUT2D eigenvalue weighted by atomic mass is 9.76. The first-order chi connectivity index (χ1) is 11.7. The van der Waals surface area contributed by atoms with Gasteiger partial charge in [-0.3, -0.25) is 4.90 Å². The number of ether oxygens (including phenoxy) is 2. The Labute approximate surface area is 143 Å². The van der Waals surface area contributed by atoms with Crippen LogP contribution in [-0.2, 0) is 9.47 Å². The highest BCUT2D eigenvalue weighted by Crippen LogP contribution is 2.43. The first-order valence-corrected chi connectivity index (χ1v) is 8.60. The predicted octanol–water partition coefficient (Wildman–Crippen LogP) is 1.57. The summed E-state index contributed by atoms with van der Waals surface area (Å²) in [6, 6.07) is 0.471. The van der Waals surface area contributed by atoms with Gasteiger partial charge in [0, 0.05) is 46.4 Å². The zero-order valence-corrected chi connectivity index (χ0v) is 14.6. The van der Waals surface area contributed by atoms with Crippen LogP contribution in [0, 0.1) is 11.2 Å². The Hall–Kier alpha value is -1.31. The summed E-state index contributed by atoms with van der Waals surface area (Å²) in [5.41, 5.74) is 0.341. The number of hydrogen-bond acceptors (Lipinski definition) is 6. The van der Waals surface area contributed by atoms with E-state index in [0.29, 0.717) is 17.4 Å². The summed E-state index contributed by atoms with van der Waals surface area (Å²) in [5.74, 6) is 0.244. The van der Waals surface area contributed by atoms with E-state index < -0.39 is 0 Å². The van der Waals surface area contributed by atoms with Gasteiger partial charge in [0.25, 0.3) is 0 Å². The maximum atomic E-state index is 13.0. The van der Waals surface area contributed by atoms with Crippen LogP contribution >= 0.6 is 0 Å². The molecule has 24 heavy (non-hydrogen) atoms. The van der Waals surface area contributed by atoms with E-state index in [1.165, 1.54) is 18.8 Å². The third kappa shape index (κ3) is 3.84. The SMILES string of the molecule is COCCN1CC2(CCN(c3ncc(F)cn3)CC2)CC1COC. The molecule has 3 heterocycles. The maximum absolute atomic E-state index is 13.0. The summed E-state index contributed by atoms with van der Waals surface area (Å²) in [5, 5.41) is 0. The van der Waals surface area contributed by atoms with Gasteiger partial charge in [-0.05, 0) is 24.7 Å². The predicted molar refractivity (Wildman–Crippen MR) is 89.6 cm³/mol. The van der Waals surface area contributed by atoms with Crippen LogP contribution in [0.1, 0.15) is 19.3 Å². The van der Waals surface area contributed by atoms with Gasteiger partial charge in [-0.1, -0.05) is 0 Å². The number of halogens is 1. The van der Waals surface area contributed by atoms with Gasteiger partial charge in [0.1, 0.15) is 0 Å². The molecule has 1 spiro atoms. The molecule has 0 saturated carbocycles. The molecule has 2 aliphatic rings. The van der Waals surface area contributed by atoms with Gasteiger partial charge < -0.3 is 14.4 Å². The van der Waals surface area contributed by atoms with Crippen LogP contribution < -0.4 is 4.90 Å². The Balaban J connectivity index is 1.60. The normalized spacial score (nSPS) is 24.0. The number of hydrogen-bond donors (Lipinski definition) is 0. The first kappa shape index (κ1) is 17.5. The highest BCUT2D eigenvalue weighted by molar-refractivity contribution is 5.30. The minimum absolute atomic E-state index is 0.341. The molecule has 1 aromatic heterocycles. The smallest absolute Gasteiger partial charge is 0.225 e. The third-order valence-corrected chi connectivity index (χ3v) is 5.38. The van der Waals surface area contributed by atoms with Gasteiger partial charge in [0.15, 0.2) is 5.82 Å². The minimum Gasteiger partial charge on any atom is -0.383 e. The van der Waals surface area contributed by atoms with Crippen molar-refractivity contribution < 1.29 is 13.9 Å². The number of methoxy groups -OCH3 is 2. The molecular formula is C17H27FN4O2. The highest BCUT2D eigenvalue weighted by Gasteiger charge is 2.45. The zero-order valence-electron chi connectivity index (χ0n) is 14.6. The summed E-state index contributed by atoms with van der Waals surface area (Å²) >= 11 is 0. The lowest BCUT2D eigenvalue weighted by molar-refractivity contribution is 0.0901. The summed E-state index contributed by atoms with van der Waals surface area (Å²) in [4.78, 5) is 12.9. The second-order valence-corrected chi connectivity index (χ2v) is 6.96. The van der Waals surface area contributed by atoms with Crippen LogP contribution in [0.25, 0.3) is 0 Å². The number of likely N-dealkylation sites (tertiary alicyclic amines) is 1. The number of anilines is 1. The molecule has 1 aromatic rings. The van der Waals surface area contributed by atoms with E-state index in [1.54, 1.807) is 14.2 Å². The quantitative estimate of drug-likeness (QED) is 0.785. The van der Waals surface area contributed by atoms with Crippen LogP contribution in [0.5, 0.6) is 0 Å². The second kappa shape index (κ2) is 7.72. The summed E-state index contributed by atoms with van der Waals surface area (Å²) in [6.07, 6.45) is 5.87. The fourth-order valence-electron chi connectivity index (χ4n) is 4.09. The van der Waals surface area contributed by atoms with Crippen molar-refractivity contribution in [1.29, 1.82) is 0 Å². The molecular weight excluding hydrogens is 311 g/mol. The fraction of sp³-hybridized carbons (Fsp3) is 0.765. The number of piperidine rings is 1. The van der Waals surface area contributed by atoms with E-state index in [-0.39, 0.29) is 5.82 Å². The van der Waals surface area contributed by atoms with Crippen molar-refractivity contribution in [3.63, 3.8) is 0 Å². The fourth-order valence-corrected chi connectivity index (χ4v) is 4.09. The van der Waals surface area contributed by atoms with Crippen molar-refractivity contribution in [2.75, 3.05) is 58.5 Å². The van der Waals surface area contributed by atoms with Gasteiger partial charge in [-0.25, -0.2) is 14.4 Å². The molecule has 2 saturated heterocycles. The Morgan fingerprint density at radius 3 is 2.54 bits per heavy atom. The highest BCUT2D eigenvalue weighted by atomic mass is 19.1. The van der Waals surface area contributed by atoms with Crippen molar-refractivity contribution in [3.05, 3.63) is 18.2 Å². The number of rotatable bonds is 6. The number of aromatic nitrogens is 2. The maximum Gasteiger partial charge on any atom is 0.225 e. The van der Waals surface area contributed by atoms with Crippen molar-refractivity contribution in [3.8, 4) is 0 Å². The molecule has 1 unspecified atom stereocenters. The van der Waals surface area contributed by atoms with Crippen molar-refractivity contribution in [2.45, 2.75) is 25.3 Å². The van der Waals surface area contributed by atoms with Crippen molar-refractivity contribution >= 4 is 5.95 Å². The van der Waals surface area contributed by atoms with Crippen molar-refractivity contribution in [2.24, 2.45) is 5.41 Å². The Kier molecular flexibility index (Phi) is 5.63. The van der Waals surface area contributed by atoms with E-state index in [4.69, 9.17) is 9.47 Å². The monoisotopic (exact) mass is 338 g/mol. The van der Waals surface area contributed by atoms with Crippen LogP contribution in [-0.4, -0.2) is 74.5 Å². The minimum atomic E-state index is -0.390. The lowest BCUT2D eigenvalue weighted by Gasteiger charge is -2.39. The molecule has 1 atom stereocenters. The molecule has 6 nitrogen and oxygen atoms in total. The van der Waals surface area contributed by atoms with E-state index in [0.717, 1.165) is 52.2 Å². The Bertz CT molecular complexity index is 520. The van der Waals surface area contributed by atoms with Crippen LogP contribution in [0.3, 0.4) is 0 Å². The third-order valence-electron chi connectivity index (χ3n) is 5.38. The average molecular weight is 338 g/mol. The van der Waals surface area contributed by atoms with Gasteiger partial charge in [-0.15, -0.1) is 0 Å². The van der Waals surface area contributed by atoms with Gasteiger partial charge in [-0.2, -0.15) is 0 Å². The van der Waals surface area contributed by atoms with E-state index in [2.05, 4.69) is 19.8 Å². The van der Waals surface area contributed by atoms with Gasteiger partial charge in [0.2, 0.25) is 5.95 Å². The standard InChI is InChI=1S/C17H27FN4O2/c1-23-8-7-22-13-17(9-15(22)12-24-2)3-5-21(6-4-17)16-19-10-14(18)11-20-16/h10-11,15H,3-9,12-13H2,1-2H3. The van der Waals surface area contributed by atoms with Crippen LogP contribution in [0.2, 0.25) is 0 Å².